The third-order valence-corrected chi connectivity index (χ3v) is 6.67. The Labute approximate surface area is 178 Å². The summed E-state index contributed by atoms with van der Waals surface area (Å²) in [5.74, 6) is 1.15. The predicted octanol–water partition coefficient (Wildman–Crippen LogP) is 2.91. The Morgan fingerprint density at radius 1 is 1.30 bits per heavy atom. The van der Waals surface area contributed by atoms with Crippen LogP contribution in [0.1, 0.15) is 32.3 Å². The highest BCUT2D eigenvalue weighted by Crippen LogP contribution is 2.37. The zero-order chi connectivity index (χ0) is 21.3. The van der Waals surface area contributed by atoms with E-state index >= 15 is 0 Å². The summed E-state index contributed by atoms with van der Waals surface area (Å²) >= 11 is 0. The lowest BCUT2D eigenvalue weighted by atomic mass is 9.73. The topological polar surface area (TPSA) is 74.7 Å². The van der Waals surface area contributed by atoms with Gasteiger partial charge in [0.1, 0.15) is 5.82 Å². The van der Waals surface area contributed by atoms with Crippen molar-refractivity contribution < 1.29 is 14.6 Å². The van der Waals surface area contributed by atoms with Crippen LogP contribution < -0.4 is 10.2 Å². The van der Waals surface area contributed by atoms with Gasteiger partial charge in [0.2, 0.25) is 5.91 Å². The number of aryl methyl sites for hydroxylation is 1. The van der Waals surface area contributed by atoms with Crippen LogP contribution in [0.4, 0.5) is 5.82 Å². The Bertz CT molecular complexity index is 914. The summed E-state index contributed by atoms with van der Waals surface area (Å²) in [5.41, 5.74) is 2.05. The van der Waals surface area contributed by atoms with Gasteiger partial charge in [-0.05, 0) is 42.9 Å². The van der Waals surface area contributed by atoms with E-state index in [2.05, 4.69) is 61.3 Å². The van der Waals surface area contributed by atoms with E-state index in [1.165, 1.54) is 5.56 Å². The van der Waals surface area contributed by atoms with E-state index < -0.39 is 0 Å². The number of para-hydroxylation sites is 1. The molecule has 0 saturated carbocycles. The Morgan fingerprint density at radius 2 is 2.13 bits per heavy atom. The molecule has 0 aliphatic carbocycles. The number of anilines is 1. The van der Waals surface area contributed by atoms with Crippen molar-refractivity contribution in [3.63, 3.8) is 0 Å². The van der Waals surface area contributed by atoms with Gasteiger partial charge in [0, 0.05) is 36.9 Å². The molecule has 2 fully saturated rings. The summed E-state index contributed by atoms with van der Waals surface area (Å²) in [7, 11) is 0. The van der Waals surface area contributed by atoms with Gasteiger partial charge in [0.15, 0.2) is 0 Å². The number of hydrogen-bond donors (Lipinski definition) is 2. The molecule has 1 aromatic carbocycles. The number of hydrogen-bond acceptors (Lipinski definition) is 5. The number of carbonyl (C=O) groups excluding carboxylic acids is 1. The number of ether oxygens (including phenoxy) is 1. The quantitative estimate of drug-likeness (QED) is 0.809. The number of piperidine rings is 1. The van der Waals surface area contributed by atoms with Gasteiger partial charge in [-0.3, -0.25) is 4.79 Å². The van der Waals surface area contributed by atoms with Crippen molar-refractivity contribution in [3.8, 4) is 0 Å². The maximum absolute atomic E-state index is 13.1. The minimum Gasteiger partial charge on any atom is -0.396 e. The van der Waals surface area contributed by atoms with E-state index in [0.29, 0.717) is 13.2 Å². The van der Waals surface area contributed by atoms with Crippen LogP contribution in [-0.2, 0) is 9.53 Å². The summed E-state index contributed by atoms with van der Waals surface area (Å²) < 4.78 is 5.55. The molecular formula is C24H33N3O3. The minimum absolute atomic E-state index is 0.0117. The lowest BCUT2D eigenvalue weighted by Crippen LogP contribution is -2.54. The summed E-state index contributed by atoms with van der Waals surface area (Å²) in [6.07, 6.45) is 1.57. The molecule has 30 heavy (non-hydrogen) atoms. The first-order valence-electron chi connectivity index (χ1n) is 11.0. The highest BCUT2D eigenvalue weighted by molar-refractivity contribution is 5.83. The van der Waals surface area contributed by atoms with Gasteiger partial charge in [0.05, 0.1) is 24.8 Å². The zero-order valence-electron chi connectivity index (χ0n) is 18.2. The second-order valence-corrected chi connectivity index (χ2v) is 9.59. The molecule has 3 atom stereocenters. The fourth-order valence-corrected chi connectivity index (χ4v) is 4.94. The van der Waals surface area contributed by atoms with Crippen LogP contribution in [0.25, 0.3) is 10.9 Å². The number of benzene rings is 1. The van der Waals surface area contributed by atoms with Crippen LogP contribution >= 0.6 is 0 Å². The van der Waals surface area contributed by atoms with E-state index in [-0.39, 0.29) is 35.8 Å². The van der Waals surface area contributed by atoms with Crippen molar-refractivity contribution in [1.29, 1.82) is 0 Å². The Kier molecular flexibility index (Phi) is 5.98. The third-order valence-electron chi connectivity index (χ3n) is 6.67. The normalized spacial score (nSPS) is 26.5. The summed E-state index contributed by atoms with van der Waals surface area (Å²) in [4.78, 5) is 20.3. The molecule has 1 amide bonds. The number of pyridine rings is 1. The van der Waals surface area contributed by atoms with Crippen molar-refractivity contribution in [2.75, 3.05) is 37.8 Å². The highest BCUT2D eigenvalue weighted by Gasteiger charge is 2.41. The maximum Gasteiger partial charge on any atom is 0.224 e. The molecule has 6 nitrogen and oxygen atoms in total. The Balaban J connectivity index is 1.44. The van der Waals surface area contributed by atoms with Crippen LogP contribution in [0.2, 0.25) is 0 Å². The summed E-state index contributed by atoms with van der Waals surface area (Å²) in [5, 5.41) is 13.7. The summed E-state index contributed by atoms with van der Waals surface area (Å²) in [6, 6.07) is 10.5. The Hall–Kier alpha value is -2.18. The first-order chi connectivity index (χ1) is 14.4. The van der Waals surface area contributed by atoms with Crippen molar-refractivity contribution in [3.05, 3.63) is 35.9 Å². The molecule has 2 saturated heterocycles. The maximum atomic E-state index is 13.1. The van der Waals surface area contributed by atoms with Crippen LogP contribution in [0.15, 0.2) is 30.3 Å². The molecule has 0 radical (unpaired) electrons. The van der Waals surface area contributed by atoms with E-state index in [0.717, 1.165) is 42.7 Å². The lowest BCUT2D eigenvalue weighted by Gasteiger charge is -2.44. The number of aromatic nitrogens is 1. The van der Waals surface area contributed by atoms with E-state index in [9.17, 15) is 9.90 Å². The van der Waals surface area contributed by atoms with Gasteiger partial charge >= 0.3 is 0 Å². The van der Waals surface area contributed by atoms with Crippen LogP contribution in [0.3, 0.4) is 0 Å². The van der Waals surface area contributed by atoms with Crippen molar-refractivity contribution in [2.24, 2.45) is 17.3 Å². The SMILES string of the molecule is Cc1cccc2ccc(N3CCC(C(=O)NC4COCC(CO)C4)C(C)(C)C3)nc12. The number of fused-ring (bicyclic) bond motifs is 1. The second kappa shape index (κ2) is 8.52. The monoisotopic (exact) mass is 411 g/mol. The largest absolute Gasteiger partial charge is 0.396 e. The standard InChI is InChI=1S/C24H33N3O3/c1-16-5-4-6-18-7-8-21(26-22(16)18)27-10-9-20(24(2,3)15-27)23(29)25-19-11-17(12-28)13-30-14-19/h4-8,17,19-20,28H,9-15H2,1-3H3,(H,25,29). The number of rotatable bonds is 4. The van der Waals surface area contributed by atoms with E-state index in [1.807, 2.05) is 0 Å². The zero-order valence-corrected chi connectivity index (χ0v) is 18.2. The van der Waals surface area contributed by atoms with Crippen molar-refractivity contribution >= 4 is 22.6 Å². The van der Waals surface area contributed by atoms with E-state index in [4.69, 9.17) is 9.72 Å². The van der Waals surface area contributed by atoms with Crippen molar-refractivity contribution in [2.45, 2.75) is 39.7 Å². The van der Waals surface area contributed by atoms with Gasteiger partial charge in [-0.25, -0.2) is 4.98 Å². The molecule has 1 aromatic heterocycles. The number of aliphatic hydroxyl groups excluding tert-OH is 1. The van der Waals surface area contributed by atoms with Gasteiger partial charge in [-0.2, -0.15) is 0 Å². The van der Waals surface area contributed by atoms with Crippen molar-refractivity contribution in [1.82, 2.24) is 10.3 Å². The molecule has 2 N–H and O–H groups in total. The Morgan fingerprint density at radius 3 is 2.90 bits per heavy atom. The fourth-order valence-electron chi connectivity index (χ4n) is 4.94. The molecule has 2 aromatic rings. The average Bonchev–Trinajstić information content (AvgIpc) is 2.73. The molecule has 2 aliphatic heterocycles. The average molecular weight is 412 g/mol. The number of nitrogens with zero attached hydrogens (tertiary/aromatic N) is 2. The first-order valence-corrected chi connectivity index (χ1v) is 11.0. The molecular weight excluding hydrogens is 378 g/mol. The number of amides is 1. The third kappa shape index (κ3) is 4.30. The second-order valence-electron chi connectivity index (χ2n) is 9.59. The molecule has 2 aliphatic rings. The predicted molar refractivity (Wildman–Crippen MR) is 119 cm³/mol. The molecule has 162 valence electrons. The molecule has 3 heterocycles. The van der Waals surface area contributed by atoms with Gasteiger partial charge < -0.3 is 20.1 Å². The van der Waals surface area contributed by atoms with Gasteiger partial charge in [0.25, 0.3) is 0 Å². The van der Waals surface area contributed by atoms with Gasteiger partial charge in [-0.15, -0.1) is 0 Å². The number of carbonyl (C=O) groups is 1. The van der Waals surface area contributed by atoms with Crippen LogP contribution in [0, 0.1) is 24.2 Å². The lowest BCUT2D eigenvalue weighted by molar-refractivity contribution is -0.131. The van der Waals surface area contributed by atoms with E-state index in [1.54, 1.807) is 0 Å². The van der Waals surface area contributed by atoms with Gasteiger partial charge in [-0.1, -0.05) is 32.0 Å². The van der Waals surface area contributed by atoms with Crippen LogP contribution in [0.5, 0.6) is 0 Å². The number of nitrogens with one attached hydrogen (secondary N) is 1. The molecule has 0 bridgehead atoms. The number of aliphatic hydroxyl groups is 1. The fraction of sp³-hybridized carbons (Fsp3) is 0.583. The molecule has 4 rings (SSSR count). The highest BCUT2D eigenvalue weighted by atomic mass is 16.5. The summed E-state index contributed by atoms with van der Waals surface area (Å²) in [6.45, 7) is 9.24. The first kappa shape index (κ1) is 21.1. The molecule has 6 heteroatoms. The molecule has 0 spiro atoms. The van der Waals surface area contributed by atoms with Crippen LogP contribution in [-0.4, -0.2) is 54.9 Å². The molecule has 3 unspecified atom stereocenters. The minimum atomic E-state index is -0.170. The smallest absolute Gasteiger partial charge is 0.224 e.